The molecule has 2 saturated heterocycles. The molecule has 2 N–H and O–H groups in total. The minimum absolute atomic E-state index is 0.133. The van der Waals surface area contributed by atoms with Gasteiger partial charge in [-0.05, 0) is 32.2 Å². The zero-order valence-corrected chi connectivity index (χ0v) is 9.22. The van der Waals surface area contributed by atoms with Gasteiger partial charge in [0.15, 0.2) is 9.84 Å². The van der Waals surface area contributed by atoms with Crippen LogP contribution in [-0.4, -0.2) is 42.6 Å². The zero-order valence-electron chi connectivity index (χ0n) is 8.40. The number of aliphatic carboxylic acids is 1. The number of hydrogen-bond acceptors (Lipinski definition) is 4. The van der Waals surface area contributed by atoms with Crippen molar-refractivity contribution >= 4 is 15.8 Å². The Balaban J connectivity index is 2.38. The van der Waals surface area contributed by atoms with Crippen LogP contribution in [0.15, 0.2) is 0 Å². The number of carbonyl (C=O) groups is 1. The van der Waals surface area contributed by atoms with Crippen molar-refractivity contribution in [3.63, 3.8) is 0 Å². The van der Waals surface area contributed by atoms with E-state index in [0.717, 1.165) is 6.42 Å². The number of sulfone groups is 1. The Hall–Kier alpha value is -0.620. The molecule has 2 rings (SSSR count). The fraction of sp³-hybridized carbons (Fsp3) is 0.889. The Kier molecular flexibility index (Phi) is 2.50. The van der Waals surface area contributed by atoms with Crippen LogP contribution in [0.4, 0.5) is 0 Å². The highest BCUT2D eigenvalue weighted by Crippen LogP contribution is 2.35. The van der Waals surface area contributed by atoms with Crippen LogP contribution in [0, 0.1) is 0 Å². The molecule has 5 nitrogen and oxygen atoms in total. The Morgan fingerprint density at radius 3 is 2.53 bits per heavy atom. The molecule has 0 saturated carbocycles. The summed E-state index contributed by atoms with van der Waals surface area (Å²) in [6.07, 6.45) is 2.22. The van der Waals surface area contributed by atoms with Crippen molar-refractivity contribution in [2.75, 3.05) is 12.3 Å². The molecule has 0 aromatic rings. The molecule has 2 aliphatic heterocycles. The van der Waals surface area contributed by atoms with Crippen molar-refractivity contribution in [2.24, 2.45) is 0 Å². The first-order chi connectivity index (χ1) is 6.99. The van der Waals surface area contributed by atoms with Gasteiger partial charge in [0.1, 0.15) is 5.54 Å². The van der Waals surface area contributed by atoms with E-state index in [2.05, 4.69) is 5.32 Å². The molecule has 0 radical (unpaired) electrons. The number of nitrogens with one attached hydrogen (secondary N) is 1. The lowest BCUT2D eigenvalue weighted by atomic mass is 9.91. The Bertz CT molecular complexity index is 370. The molecule has 0 aromatic heterocycles. The van der Waals surface area contributed by atoms with E-state index in [4.69, 9.17) is 0 Å². The molecule has 2 unspecified atom stereocenters. The predicted octanol–water partition coefficient (Wildman–Crippen LogP) is -0.230. The summed E-state index contributed by atoms with van der Waals surface area (Å²) in [7, 11) is -3.22. The smallest absolute Gasteiger partial charge is 0.325 e. The van der Waals surface area contributed by atoms with Crippen molar-refractivity contribution in [2.45, 2.75) is 36.5 Å². The first-order valence-corrected chi connectivity index (χ1v) is 6.90. The fourth-order valence-electron chi connectivity index (χ4n) is 2.71. The predicted molar refractivity (Wildman–Crippen MR) is 54.4 cm³/mol. The monoisotopic (exact) mass is 233 g/mol. The molecule has 0 bridgehead atoms. The lowest BCUT2D eigenvalue weighted by molar-refractivity contribution is -0.144. The van der Waals surface area contributed by atoms with Crippen molar-refractivity contribution in [1.82, 2.24) is 5.32 Å². The Labute approximate surface area is 88.8 Å². The third kappa shape index (κ3) is 1.56. The van der Waals surface area contributed by atoms with Crippen molar-refractivity contribution < 1.29 is 18.3 Å². The van der Waals surface area contributed by atoms with E-state index in [-0.39, 0.29) is 5.75 Å². The summed E-state index contributed by atoms with van der Waals surface area (Å²) in [4.78, 5) is 11.3. The summed E-state index contributed by atoms with van der Waals surface area (Å²) in [6, 6.07) is 0. The van der Waals surface area contributed by atoms with Crippen LogP contribution in [0.3, 0.4) is 0 Å². The van der Waals surface area contributed by atoms with Gasteiger partial charge in [-0.1, -0.05) is 0 Å². The van der Waals surface area contributed by atoms with Gasteiger partial charge in [0.2, 0.25) is 0 Å². The quantitative estimate of drug-likeness (QED) is 0.688. The summed E-state index contributed by atoms with van der Waals surface area (Å²) in [5.74, 6) is -0.885. The van der Waals surface area contributed by atoms with Gasteiger partial charge < -0.3 is 10.4 Å². The molecule has 0 aromatic carbocycles. The Morgan fingerprint density at radius 1 is 1.40 bits per heavy atom. The highest BCUT2D eigenvalue weighted by Gasteiger charge is 2.54. The summed E-state index contributed by atoms with van der Waals surface area (Å²) < 4.78 is 23.5. The summed E-state index contributed by atoms with van der Waals surface area (Å²) in [5.41, 5.74) is -1.21. The van der Waals surface area contributed by atoms with Gasteiger partial charge in [-0.15, -0.1) is 0 Å². The summed E-state index contributed by atoms with van der Waals surface area (Å²) in [5, 5.41) is 11.4. The van der Waals surface area contributed by atoms with Gasteiger partial charge in [0, 0.05) is 0 Å². The Morgan fingerprint density at radius 2 is 2.13 bits per heavy atom. The molecule has 2 aliphatic rings. The second-order valence-electron chi connectivity index (χ2n) is 4.30. The van der Waals surface area contributed by atoms with Crippen LogP contribution in [0.2, 0.25) is 0 Å². The normalized spacial score (nSPS) is 39.3. The molecule has 0 amide bonds. The SMILES string of the molecule is O=C(O)C1(C2CCCS2(=O)=O)CCCN1. The molecule has 0 spiro atoms. The molecular formula is C9H15NO4S. The van der Waals surface area contributed by atoms with Crippen molar-refractivity contribution in [3.8, 4) is 0 Å². The average molecular weight is 233 g/mol. The summed E-state index contributed by atoms with van der Waals surface area (Å²) in [6.45, 7) is 0.596. The minimum Gasteiger partial charge on any atom is -0.480 e. The maximum Gasteiger partial charge on any atom is 0.325 e. The number of carboxylic acids is 1. The highest BCUT2D eigenvalue weighted by atomic mass is 32.2. The van der Waals surface area contributed by atoms with Crippen LogP contribution in [-0.2, 0) is 14.6 Å². The molecule has 2 heterocycles. The third-order valence-corrected chi connectivity index (χ3v) is 5.81. The minimum atomic E-state index is -3.22. The number of rotatable bonds is 2. The van der Waals surface area contributed by atoms with Crippen LogP contribution in [0.25, 0.3) is 0 Å². The molecule has 6 heteroatoms. The maximum atomic E-state index is 11.8. The number of carboxylic acid groups (broad SMARTS) is 1. The molecule has 2 fully saturated rings. The van der Waals surface area contributed by atoms with E-state index in [1.165, 1.54) is 0 Å². The van der Waals surface area contributed by atoms with Gasteiger partial charge in [0.25, 0.3) is 0 Å². The van der Waals surface area contributed by atoms with E-state index in [9.17, 15) is 18.3 Å². The maximum absolute atomic E-state index is 11.8. The molecule has 86 valence electrons. The number of hydrogen-bond donors (Lipinski definition) is 2. The molecule has 2 atom stereocenters. The van der Waals surface area contributed by atoms with Crippen molar-refractivity contribution in [3.05, 3.63) is 0 Å². The van der Waals surface area contributed by atoms with Crippen LogP contribution in [0.1, 0.15) is 25.7 Å². The van der Waals surface area contributed by atoms with Gasteiger partial charge >= 0.3 is 5.97 Å². The lowest BCUT2D eigenvalue weighted by Gasteiger charge is -2.30. The third-order valence-electron chi connectivity index (χ3n) is 3.45. The van der Waals surface area contributed by atoms with Gasteiger partial charge in [-0.25, -0.2) is 8.42 Å². The molecule has 15 heavy (non-hydrogen) atoms. The standard InChI is InChI=1S/C9H15NO4S/c11-8(12)9(4-2-5-10-9)7-3-1-6-15(7,13)14/h7,10H,1-6H2,(H,11,12). The van der Waals surface area contributed by atoms with E-state index in [0.29, 0.717) is 25.8 Å². The zero-order chi connectivity index (χ0) is 11.1. The molecular weight excluding hydrogens is 218 g/mol. The van der Waals surface area contributed by atoms with E-state index in [1.807, 2.05) is 0 Å². The fourth-order valence-corrected chi connectivity index (χ4v) is 5.00. The van der Waals surface area contributed by atoms with Crippen LogP contribution >= 0.6 is 0 Å². The average Bonchev–Trinajstić information content (AvgIpc) is 2.71. The second kappa shape index (κ2) is 3.45. The largest absolute Gasteiger partial charge is 0.480 e. The van der Waals surface area contributed by atoms with Gasteiger partial charge in [-0.2, -0.15) is 0 Å². The van der Waals surface area contributed by atoms with Gasteiger partial charge in [-0.3, -0.25) is 4.79 Å². The van der Waals surface area contributed by atoms with E-state index < -0.39 is 26.6 Å². The van der Waals surface area contributed by atoms with E-state index in [1.54, 1.807) is 0 Å². The first kappa shape index (κ1) is 10.9. The van der Waals surface area contributed by atoms with Gasteiger partial charge in [0.05, 0.1) is 11.0 Å². The van der Waals surface area contributed by atoms with E-state index >= 15 is 0 Å². The molecule has 0 aliphatic carbocycles. The topological polar surface area (TPSA) is 83.5 Å². The lowest BCUT2D eigenvalue weighted by Crippen LogP contribution is -2.58. The highest BCUT2D eigenvalue weighted by molar-refractivity contribution is 7.92. The van der Waals surface area contributed by atoms with Crippen LogP contribution < -0.4 is 5.32 Å². The second-order valence-corrected chi connectivity index (χ2v) is 6.61. The first-order valence-electron chi connectivity index (χ1n) is 5.19. The van der Waals surface area contributed by atoms with Crippen molar-refractivity contribution in [1.29, 1.82) is 0 Å². The summed E-state index contributed by atoms with van der Waals surface area (Å²) >= 11 is 0. The van der Waals surface area contributed by atoms with Crippen LogP contribution in [0.5, 0.6) is 0 Å².